The average Bonchev–Trinajstić information content (AvgIpc) is 3.20. The van der Waals surface area contributed by atoms with E-state index in [0.29, 0.717) is 10.9 Å². The number of nitrogens with zero attached hydrogens (tertiary/aromatic N) is 3. The molecule has 4 aromatic rings. The molecule has 0 aliphatic heterocycles. The zero-order chi connectivity index (χ0) is 17.1. The van der Waals surface area contributed by atoms with Crippen LogP contribution in [-0.4, -0.2) is 27.1 Å². The second-order valence-electron chi connectivity index (χ2n) is 5.28. The van der Waals surface area contributed by atoms with Gasteiger partial charge in [-0.2, -0.15) is 0 Å². The molecule has 7 heteroatoms. The van der Waals surface area contributed by atoms with E-state index in [4.69, 9.17) is 4.74 Å². The molecule has 0 saturated carbocycles. The van der Waals surface area contributed by atoms with Crippen LogP contribution in [0.2, 0.25) is 0 Å². The molecule has 0 unspecified atom stereocenters. The molecule has 0 bridgehead atoms. The van der Waals surface area contributed by atoms with Gasteiger partial charge in [0.2, 0.25) is 10.1 Å². The summed E-state index contributed by atoms with van der Waals surface area (Å²) in [6, 6.07) is 19.1. The number of hydrogen-bond acceptors (Lipinski definition) is 5. The Labute approximate surface area is 147 Å². The summed E-state index contributed by atoms with van der Waals surface area (Å²) >= 11 is 1.32. The molecule has 0 aliphatic carbocycles. The standard InChI is InChI=1S/C18H14N4O2S/c23-16(12-24-14-9-5-2-6-10-14)20-17-21-22-11-15(19-18(22)25-17)13-7-3-1-4-8-13/h1-11H,12H2,(H,20,21,23). The quantitative estimate of drug-likeness (QED) is 0.598. The number of carbonyl (C=O) groups excluding carboxylic acids is 1. The zero-order valence-corrected chi connectivity index (χ0v) is 13.9. The van der Waals surface area contributed by atoms with Gasteiger partial charge in [0.15, 0.2) is 6.61 Å². The number of ether oxygens (including phenoxy) is 1. The van der Waals surface area contributed by atoms with E-state index in [1.54, 1.807) is 16.6 Å². The summed E-state index contributed by atoms with van der Waals surface area (Å²) in [6.07, 6.45) is 1.84. The van der Waals surface area contributed by atoms with Crippen LogP contribution >= 0.6 is 11.3 Å². The van der Waals surface area contributed by atoms with Crippen LogP contribution in [0.3, 0.4) is 0 Å². The molecular weight excluding hydrogens is 336 g/mol. The van der Waals surface area contributed by atoms with Gasteiger partial charge in [-0.1, -0.05) is 59.9 Å². The maximum atomic E-state index is 12.0. The van der Waals surface area contributed by atoms with Gasteiger partial charge in [-0.3, -0.25) is 10.1 Å². The predicted molar refractivity (Wildman–Crippen MR) is 96.9 cm³/mol. The van der Waals surface area contributed by atoms with Gasteiger partial charge < -0.3 is 4.74 Å². The van der Waals surface area contributed by atoms with Crippen molar-refractivity contribution in [2.24, 2.45) is 0 Å². The lowest BCUT2D eigenvalue weighted by Gasteiger charge is -2.04. The highest BCUT2D eigenvalue weighted by molar-refractivity contribution is 7.20. The molecule has 25 heavy (non-hydrogen) atoms. The lowest BCUT2D eigenvalue weighted by Crippen LogP contribution is -2.20. The van der Waals surface area contributed by atoms with Crippen LogP contribution in [0.1, 0.15) is 0 Å². The van der Waals surface area contributed by atoms with Gasteiger partial charge in [-0.05, 0) is 12.1 Å². The topological polar surface area (TPSA) is 68.5 Å². The van der Waals surface area contributed by atoms with Crippen molar-refractivity contribution in [3.63, 3.8) is 0 Å². The van der Waals surface area contributed by atoms with Crippen molar-refractivity contribution < 1.29 is 9.53 Å². The molecule has 2 aromatic heterocycles. The Morgan fingerprint density at radius 3 is 2.52 bits per heavy atom. The minimum atomic E-state index is -0.260. The molecule has 6 nitrogen and oxygen atoms in total. The second-order valence-corrected chi connectivity index (χ2v) is 6.23. The Hall–Kier alpha value is -3.19. The number of anilines is 1. The number of amides is 1. The number of imidazole rings is 1. The Morgan fingerprint density at radius 1 is 1.08 bits per heavy atom. The first kappa shape index (κ1) is 15.3. The summed E-state index contributed by atoms with van der Waals surface area (Å²) in [6.45, 7) is -0.0683. The number of nitrogens with one attached hydrogen (secondary N) is 1. The minimum Gasteiger partial charge on any atom is -0.484 e. The van der Waals surface area contributed by atoms with E-state index in [0.717, 1.165) is 16.2 Å². The number of para-hydroxylation sites is 1. The number of hydrogen-bond donors (Lipinski definition) is 1. The van der Waals surface area contributed by atoms with Crippen LogP contribution in [0.15, 0.2) is 66.9 Å². The summed E-state index contributed by atoms with van der Waals surface area (Å²) in [5.41, 5.74) is 1.88. The first-order valence-electron chi connectivity index (χ1n) is 7.67. The monoisotopic (exact) mass is 350 g/mol. The van der Waals surface area contributed by atoms with Gasteiger partial charge in [0.05, 0.1) is 11.9 Å². The molecular formula is C18H14N4O2S. The van der Waals surface area contributed by atoms with Gasteiger partial charge in [0, 0.05) is 5.56 Å². The summed E-state index contributed by atoms with van der Waals surface area (Å²) in [4.78, 5) is 17.2. The van der Waals surface area contributed by atoms with Crippen LogP contribution in [0.25, 0.3) is 16.2 Å². The average molecular weight is 350 g/mol. The second kappa shape index (κ2) is 6.74. The molecule has 1 N–H and O–H groups in total. The highest BCUT2D eigenvalue weighted by Crippen LogP contribution is 2.24. The lowest BCUT2D eigenvalue weighted by molar-refractivity contribution is -0.118. The third-order valence-corrected chi connectivity index (χ3v) is 4.31. The van der Waals surface area contributed by atoms with Crippen molar-refractivity contribution in [3.05, 3.63) is 66.9 Å². The van der Waals surface area contributed by atoms with E-state index in [-0.39, 0.29) is 12.5 Å². The molecule has 0 fully saturated rings. The number of aromatic nitrogens is 3. The Kier molecular flexibility index (Phi) is 4.14. The predicted octanol–water partition coefficient (Wildman–Crippen LogP) is 3.48. The Morgan fingerprint density at radius 2 is 1.80 bits per heavy atom. The van der Waals surface area contributed by atoms with Crippen molar-refractivity contribution in [1.29, 1.82) is 0 Å². The third kappa shape index (κ3) is 3.51. The van der Waals surface area contributed by atoms with Crippen molar-refractivity contribution in [3.8, 4) is 17.0 Å². The summed E-state index contributed by atoms with van der Waals surface area (Å²) in [7, 11) is 0. The fourth-order valence-corrected chi connectivity index (χ4v) is 3.12. The Bertz CT molecular complexity index is 964. The lowest BCUT2D eigenvalue weighted by atomic mass is 10.2. The van der Waals surface area contributed by atoms with Gasteiger partial charge in [0.1, 0.15) is 5.75 Å². The molecule has 1 amide bonds. The van der Waals surface area contributed by atoms with E-state index in [9.17, 15) is 4.79 Å². The van der Waals surface area contributed by atoms with Crippen LogP contribution in [0, 0.1) is 0 Å². The van der Waals surface area contributed by atoms with E-state index in [1.165, 1.54) is 11.3 Å². The first-order valence-corrected chi connectivity index (χ1v) is 8.49. The molecule has 0 atom stereocenters. The highest BCUT2D eigenvalue weighted by atomic mass is 32.1. The van der Waals surface area contributed by atoms with Gasteiger partial charge >= 0.3 is 0 Å². The van der Waals surface area contributed by atoms with E-state index < -0.39 is 0 Å². The summed E-state index contributed by atoms with van der Waals surface area (Å²) in [5, 5.41) is 7.56. The van der Waals surface area contributed by atoms with Crippen LogP contribution < -0.4 is 10.1 Å². The number of carbonyl (C=O) groups is 1. The Balaban J connectivity index is 1.42. The molecule has 0 radical (unpaired) electrons. The minimum absolute atomic E-state index is 0.0683. The van der Waals surface area contributed by atoms with Crippen LogP contribution in [0.5, 0.6) is 5.75 Å². The fourth-order valence-electron chi connectivity index (χ4n) is 2.32. The fraction of sp³-hybridized carbons (Fsp3) is 0.0556. The normalized spacial score (nSPS) is 10.7. The summed E-state index contributed by atoms with van der Waals surface area (Å²) in [5.74, 6) is 0.392. The number of rotatable bonds is 5. The molecule has 0 aliphatic rings. The smallest absolute Gasteiger partial charge is 0.264 e. The molecule has 2 aromatic carbocycles. The van der Waals surface area contributed by atoms with E-state index in [1.807, 2.05) is 54.7 Å². The van der Waals surface area contributed by atoms with Crippen LogP contribution in [-0.2, 0) is 4.79 Å². The SMILES string of the molecule is O=C(COc1ccccc1)Nc1nn2cc(-c3ccccc3)nc2s1. The van der Waals surface area contributed by atoms with E-state index >= 15 is 0 Å². The van der Waals surface area contributed by atoms with Crippen molar-refractivity contribution >= 4 is 27.3 Å². The largest absolute Gasteiger partial charge is 0.484 e. The van der Waals surface area contributed by atoms with Gasteiger partial charge in [-0.25, -0.2) is 9.50 Å². The molecule has 4 rings (SSSR count). The van der Waals surface area contributed by atoms with Crippen molar-refractivity contribution in [2.45, 2.75) is 0 Å². The molecule has 2 heterocycles. The molecule has 0 saturated heterocycles. The first-order chi connectivity index (χ1) is 12.3. The number of fused-ring (bicyclic) bond motifs is 1. The maximum absolute atomic E-state index is 12.0. The van der Waals surface area contributed by atoms with Gasteiger partial charge in [0.25, 0.3) is 5.91 Å². The zero-order valence-electron chi connectivity index (χ0n) is 13.1. The van der Waals surface area contributed by atoms with Gasteiger partial charge in [-0.15, -0.1) is 5.10 Å². The van der Waals surface area contributed by atoms with E-state index in [2.05, 4.69) is 15.4 Å². The van der Waals surface area contributed by atoms with Crippen molar-refractivity contribution in [1.82, 2.24) is 14.6 Å². The van der Waals surface area contributed by atoms with Crippen molar-refractivity contribution in [2.75, 3.05) is 11.9 Å². The molecule has 124 valence electrons. The molecule has 0 spiro atoms. The number of benzene rings is 2. The highest BCUT2D eigenvalue weighted by Gasteiger charge is 2.12. The summed E-state index contributed by atoms with van der Waals surface area (Å²) < 4.78 is 7.08. The third-order valence-electron chi connectivity index (χ3n) is 3.47. The van der Waals surface area contributed by atoms with Crippen LogP contribution in [0.4, 0.5) is 5.13 Å². The maximum Gasteiger partial charge on any atom is 0.264 e.